The number of hydrogen-bond donors (Lipinski definition) is 2. The Kier molecular flexibility index (Phi) is 5.35. The van der Waals surface area contributed by atoms with Crippen molar-refractivity contribution in [2.75, 3.05) is 6.61 Å². The number of phosphoric ester groups is 1. The molecule has 1 atom stereocenters. The van der Waals surface area contributed by atoms with Crippen LogP contribution in [0.1, 0.15) is 32.3 Å². The van der Waals surface area contributed by atoms with Crippen LogP contribution in [0.3, 0.4) is 0 Å². The van der Waals surface area contributed by atoms with Crippen LogP contribution in [-0.4, -0.2) is 22.5 Å². The van der Waals surface area contributed by atoms with Crippen molar-refractivity contribution in [3.63, 3.8) is 0 Å². The molecule has 0 radical (unpaired) electrons. The molecule has 18 heavy (non-hydrogen) atoms. The van der Waals surface area contributed by atoms with E-state index in [2.05, 4.69) is 18.4 Å². The second-order valence-corrected chi connectivity index (χ2v) is 5.63. The van der Waals surface area contributed by atoms with Gasteiger partial charge in [-0.05, 0) is 30.5 Å². The Bertz CT molecular complexity index is 409. The van der Waals surface area contributed by atoms with Crippen molar-refractivity contribution in [1.29, 1.82) is 0 Å². The molecule has 0 saturated heterocycles. The average molecular weight is 274 g/mol. The van der Waals surface area contributed by atoms with Gasteiger partial charge in [0.2, 0.25) is 0 Å². The lowest BCUT2D eigenvalue weighted by atomic mass is 10.0. The van der Waals surface area contributed by atoms with Gasteiger partial charge in [0.15, 0.2) is 0 Å². The summed E-state index contributed by atoms with van der Waals surface area (Å²) in [5.41, 5.74) is 1.21. The van der Waals surface area contributed by atoms with Crippen LogP contribution in [0.5, 0.6) is 5.75 Å². The van der Waals surface area contributed by atoms with Crippen LogP contribution in [0.2, 0.25) is 0 Å². The lowest BCUT2D eigenvalue weighted by molar-refractivity contribution is 0.101. The molecule has 6 heteroatoms. The van der Waals surface area contributed by atoms with Crippen molar-refractivity contribution >= 4 is 7.82 Å². The van der Waals surface area contributed by atoms with E-state index < -0.39 is 13.9 Å². The van der Waals surface area contributed by atoms with E-state index >= 15 is 0 Å². The first kappa shape index (κ1) is 15.2. The van der Waals surface area contributed by atoms with Crippen molar-refractivity contribution in [3.05, 3.63) is 29.8 Å². The molecular weight excluding hydrogens is 255 g/mol. The highest BCUT2D eigenvalue weighted by Crippen LogP contribution is 2.37. The molecule has 0 aliphatic heterocycles. The van der Waals surface area contributed by atoms with E-state index in [0.29, 0.717) is 11.7 Å². The van der Waals surface area contributed by atoms with Gasteiger partial charge in [-0.3, -0.25) is 4.52 Å². The van der Waals surface area contributed by atoms with E-state index in [4.69, 9.17) is 14.5 Å². The van der Waals surface area contributed by atoms with Gasteiger partial charge in [0.1, 0.15) is 18.5 Å². The van der Waals surface area contributed by atoms with Crippen molar-refractivity contribution < 1.29 is 23.6 Å². The highest BCUT2D eigenvalue weighted by molar-refractivity contribution is 7.46. The minimum absolute atomic E-state index is 0.0894. The highest BCUT2D eigenvalue weighted by atomic mass is 31.2. The zero-order chi connectivity index (χ0) is 13.8. The van der Waals surface area contributed by atoms with Gasteiger partial charge in [-0.2, -0.15) is 0 Å². The number of benzene rings is 1. The zero-order valence-corrected chi connectivity index (χ0v) is 11.6. The summed E-state index contributed by atoms with van der Waals surface area (Å²) in [6.45, 7) is 5.84. The van der Waals surface area contributed by atoms with Crippen LogP contribution in [0, 0.1) is 0 Å². The standard InChI is InChI=1S/C12H19O5P/c1-9(2)11-4-6-12(7-5-11)16-8-10(3)17-18(13,14)15/h4-7,9-10H,8H2,1-3H3,(H2,13,14,15). The molecule has 1 aromatic carbocycles. The largest absolute Gasteiger partial charge is 0.491 e. The molecule has 1 unspecified atom stereocenters. The Balaban J connectivity index is 2.46. The first-order valence-corrected chi connectivity index (χ1v) is 7.27. The van der Waals surface area contributed by atoms with E-state index in [1.807, 2.05) is 24.3 Å². The van der Waals surface area contributed by atoms with Crippen LogP contribution in [-0.2, 0) is 9.09 Å². The molecule has 0 amide bonds. The Morgan fingerprint density at radius 1 is 1.17 bits per heavy atom. The van der Waals surface area contributed by atoms with Gasteiger partial charge in [-0.1, -0.05) is 26.0 Å². The topological polar surface area (TPSA) is 76.0 Å². The minimum atomic E-state index is -4.44. The lowest BCUT2D eigenvalue weighted by Gasteiger charge is -2.15. The summed E-state index contributed by atoms with van der Waals surface area (Å²) < 4.78 is 20.4. The van der Waals surface area contributed by atoms with E-state index in [-0.39, 0.29) is 6.61 Å². The lowest BCUT2D eigenvalue weighted by Crippen LogP contribution is -2.16. The first-order chi connectivity index (χ1) is 8.28. The summed E-state index contributed by atoms with van der Waals surface area (Å²) in [4.78, 5) is 17.2. The second-order valence-electron chi connectivity index (χ2n) is 4.44. The van der Waals surface area contributed by atoms with Gasteiger partial charge >= 0.3 is 7.82 Å². The van der Waals surface area contributed by atoms with Crippen LogP contribution < -0.4 is 4.74 Å². The molecule has 102 valence electrons. The zero-order valence-electron chi connectivity index (χ0n) is 10.7. The smallest absolute Gasteiger partial charge is 0.469 e. The molecule has 0 aromatic heterocycles. The molecule has 0 bridgehead atoms. The van der Waals surface area contributed by atoms with Gasteiger partial charge in [0, 0.05) is 0 Å². The van der Waals surface area contributed by atoms with Gasteiger partial charge in [0.05, 0.1) is 0 Å². The number of rotatable bonds is 6. The third kappa shape index (κ3) is 5.65. The summed E-state index contributed by atoms with van der Waals surface area (Å²) in [5, 5.41) is 0. The number of hydrogen-bond acceptors (Lipinski definition) is 3. The summed E-state index contributed by atoms with van der Waals surface area (Å²) in [5.74, 6) is 1.11. The molecule has 0 spiro atoms. The Morgan fingerprint density at radius 2 is 1.72 bits per heavy atom. The number of ether oxygens (including phenoxy) is 1. The van der Waals surface area contributed by atoms with Crippen molar-refractivity contribution in [2.24, 2.45) is 0 Å². The maximum Gasteiger partial charge on any atom is 0.469 e. The fourth-order valence-corrected chi connectivity index (χ4v) is 1.96. The first-order valence-electron chi connectivity index (χ1n) is 5.74. The quantitative estimate of drug-likeness (QED) is 0.780. The predicted octanol–water partition coefficient (Wildman–Crippen LogP) is 2.69. The van der Waals surface area contributed by atoms with E-state index in [9.17, 15) is 4.57 Å². The normalized spacial score (nSPS) is 13.7. The fourth-order valence-electron chi connectivity index (χ4n) is 1.43. The monoisotopic (exact) mass is 274 g/mol. The van der Waals surface area contributed by atoms with Gasteiger partial charge in [-0.15, -0.1) is 0 Å². The van der Waals surface area contributed by atoms with Crippen LogP contribution >= 0.6 is 7.82 Å². The number of phosphoric acid groups is 1. The van der Waals surface area contributed by atoms with Gasteiger partial charge in [0.25, 0.3) is 0 Å². The molecule has 0 saturated carbocycles. The summed E-state index contributed by atoms with van der Waals surface area (Å²) in [6.07, 6.45) is -0.671. The molecule has 1 rings (SSSR count). The highest BCUT2D eigenvalue weighted by Gasteiger charge is 2.19. The van der Waals surface area contributed by atoms with E-state index in [1.165, 1.54) is 5.56 Å². The summed E-state index contributed by atoms with van der Waals surface area (Å²) >= 11 is 0. The third-order valence-electron chi connectivity index (χ3n) is 2.35. The average Bonchev–Trinajstić information content (AvgIpc) is 2.24. The van der Waals surface area contributed by atoms with Gasteiger partial charge in [-0.25, -0.2) is 4.57 Å². The van der Waals surface area contributed by atoms with Crippen LogP contribution in [0.25, 0.3) is 0 Å². The van der Waals surface area contributed by atoms with Crippen molar-refractivity contribution in [2.45, 2.75) is 32.8 Å². The summed E-state index contributed by atoms with van der Waals surface area (Å²) in [7, 11) is -4.44. The Hall–Kier alpha value is -0.870. The van der Waals surface area contributed by atoms with E-state index in [0.717, 1.165) is 0 Å². The maximum absolute atomic E-state index is 10.6. The Morgan fingerprint density at radius 3 is 2.17 bits per heavy atom. The molecule has 5 nitrogen and oxygen atoms in total. The minimum Gasteiger partial charge on any atom is -0.491 e. The molecular formula is C12H19O5P. The molecule has 0 aliphatic rings. The maximum atomic E-state index is 10.6. The third-order valence-corrected chi connectivity index (χ3v) is 2.98. The predicted molar refractivity (Wildman–Crippen MR) is 68.6 cm³/mol. The molecule has 0 fully saturated rings. The molecule has 1 aromatic rings. The molecule has 0 heterocycles. The van der Waals surface area contributed by atoms with E-state index in [1.54, 1.807) is 6.92 Å². The fraction of sp³-hybridized carbons (Fsp3) is 0.500. The van der Waals surface area contributed by atoms with Crippen molar-refractivity contribution in [3.8, 4) is 5.75 Å². The van der Waals surface area contributed by atoms with Crippen LogP contribution in [0.15, 0.2) is 24.3 Å². The Labute approximate surface area is 107 Å². The molecule has 0 aliphatic carbocycles. The van der Waals surface area contributed by atoms with Crippen LogP contribution in [0.4, 0.5) is 0 Å². The summed E-state index contributed by atoms with van der Waals surface area (Å²) in [6, 6.07) is 7.60. The molecule has 2 N–H and O–H groups in total. The van der Waals surface area contributed by atoms with Crippen molar-refractivity contribution in [1.82, 2.24) is 0 Å². The van der Waals surface area contributed by atoms with Gasteiger partial charge < -0.3 is 14.5 Å². The SMILES string of the molecule is CC(COc1ccc(C(C)C)cc1)OP(=O)(O)O. The second kappa shape index (κ2) is 6.34.